The van der Waals surface area contributed by atoms with Crippen molar-refractivity contribution in [2.24, 2.45) is 0 Å². The number of nitro groups is 1. The van der Waals surface area contributed by atoms with Crippen LogP contribution in [0.2, 0.25) is 0 Å². The van der Waals surface area contributed by atoms with E-state index in [1.807, 2.05) is 0 Å². The molecule has 0 spiro atoms. The Labute approximate surface area is 207 Å². The Kier molecular flexibility index (Phi) is 6.53. The lowest BCUT2D eigenvalue weighted by molar-refractivity contribution is -0.586. The highest BCUT2D eigenvalue weighted by Crippen LogP contribution is 2.60. The van der Waals surface area contributed by atoms with Gasteiger partial charge in [0.1, 0.15) is 23.1 Å². The van der Waals surface area contributed by atoms with Gasteiger partial charge in [-0.2, -0.15) is 0 Å². The minimum atomic E-state index is -1.96. The van der Waals surface area contributed by atoms with E-state index in [1.165, 1.54) is 25.9 Å². The molecule has 0 bridgehead atoms. The maximum absolute atomic E-state index is 13.3. The predicted octanol–water partition coefficient (Wildman–Crippen LogP) is 3.47. The van der Waals surface area contributed by atoms with E-state index >= 15 is 0 Å². The number of nitrogens with zero attached hydrogens (tertiary/aromatic N) is 2. The second-order valence-electron chi connectivity index (χ2n) is 8.57. The van der Waals surface area contributed by atoms with Crippen molar-refractivity contribution in [2.45, 2.75) is 44.7 Å². The van der Waals surface area contributed by atoms with E-state index in [0.717, 1.165) is 0 Å². The summed E-state index contributed by atoms with van der Waals surface area (Å²) in [6.07, 6.45) is -0.141. The Hall–Kier alpha value is -4.21. The van der Waals surface area contributed by atoms with Crippen LogP contribution in [0, 0.1) is 10.1 Å². The van der Waals surface area contributed by atoms with Crippen molar-refractivity contribution in [1.82, 2.24) is 0 Å². The van der Waals surface area contributed by atoms with Crippen LogP contribution in [-0.2, 0) is 29.4 Å². The van der Waals surface area contributed by atoms with Crippen molar-refractivity contribution < 1.29 is 33.5 Å². The minimum Gasteiger partial charge on any atom is -0.497 e. The molecular weight excluding hydrogens is 468 g/mol. The summed E-state index contributed by atoms with van der Waals surface area (Å²) >= 11 is 0. The van der Waals surface area contributed by atoms with Crippen LogP contribution in [0.25, 0.3) is 0 Å². The zero-order valence-electron chi connectivity index (χ0n) is 20.3. The molecule has 2 aromatic rings. The highest BCUT2D eigenvalue weighted by atomic mass is 16.6. The lowest BCUT2D eigenvalue weighted by atomic mass is 9.64. The first-order chi connectivity index (χ1) is 17.2. The molecule has 1 aliphatic heterocycles. The average molecular weight is 495 g/mol. The van der Waals surface area contributed by atoms with Crippen LogP contribution in [0.3, 0.4) is 0 Å². The predicted molar refractivity (Wildman–Crippen MR) is 128 cm³/mol. The molecule has 0 N–H and O–H groups in total. The molecule has 0 radical (unpaired) electrons. The number of esters is 2. The van der Waals surface area contributed by atoms with Gasteiger partial charge in [0.25, 0.3) is 5.54 Å². The normalized spacial score (nSPS) is 22.4. The van der Waals surface area contributed by atoms with Gasteiger partial charge in [0.2, 0.25) is 5.91 Å². The first-order valence-corrected chi connectivity index (χ1v) is 11.4. The summed E-state index contributed by atoms with van der Waals surface area (Å²) < 4.78 is 16.0. The molecular formula is C26H26N2O8. The van der Waals surface area contributed by atoms with E-state index in [4.69, 9.17) is 14.2 Å². The van der Waals surface area contributed by atoms with Gasteiger partial charge in [-0.3, -0.25) is 24.6 Å². The van der Waals surface area contributed by atoms with Crippen LogP contribution in [0.15, 0.2) is 59.9 Å². The maximum Gasteiger partial charge on any atom is 0.339 e. The van der Waals surface area contributed by atoms with Crippen molar-refractivity contribution in [2.75, 3.05) is 18.6 Å². The van der Waals surface area contributed by atoms with Gasteiger partial charge >= 0.3 is 11.9 Å². The number of ether oxygens (including phenoxy) is 3. The minimum absolute atomic E-state index is 0.0111. The third kappa shape index (κ3) is 3.69. The molecule has 2 aliphatic rings. The maximum atomic E-state index is 13.3. The summed E-state index contributed by atoms with van der Waals surface area (Å²) in [5.74, 6) is -2.47. The summed E-state index contributed by atoms with van der Waals surface area (Å²) in [7, 11) is 1.51. The fourth-order valence-corrected chi connectivity index (χ4v) is 5.43. The SMILES string of the molecule is CCOC(=O)C1=C(OC(C)=O)C[C@@H](c2ccc(OC)cc2)[C@]2([N+](=O)[O-])c3ccccc3N(C(C)=O)[C@H]12. The Morgan fingerprint density at radius 1 is 1.11 bits per heavy atom. The number of carbonyl (C=O) groups excluding carboxylic acids is 3. The molecule has 0 aromatic heterocycles. The number of benzene rings is 2. The second kappa shape index (κ2) is 9.44. The van der Waals surface area contributed by atoms with Gasteiger partial charge in [-0.1, -0.05) is 24.3 Å². The highest BCUT2D eigenvalue weighted by Gasteiger charge is 2.71. The molecule has 36 heavy (non-hydrogen) atoms. The number of allylic oxidation sites excluding steroid dienone is 1. The zero-order chi connectivity index (χ0) is 26.2. The van der Waals surface area contributed by atoms with Gasteiger partial charge in [-0.05, 0) is 36.8 Å². The lowest BCUT2D eigenvalue weighted by Gasteiger charge is -2.41. The van der Waals surface area contributed by atoms with E-state index in [9.17, 15) is 24.5 Å². The number of anilines is 1. The molecule has 188 valence electrons. The quantitative estimate of drug-likeness (QED) is 0.340. The van der Waals surface area contributed by atoms with Crippen molar-refractivity contribution in [3.63, 3.8) is 0 Å². The van der Waals surface area contributed by atoms with Gasteiger partial charge in [0.15, 0.2) is 0 Å². The number of methoxy groups -OCH3 is 1. The average Bonchev–Trinajstić information content (AvgIpc) is 3.15. The van der Waals surface area contributed by atoms with Crippen LogP contribution in [0.1, 0.15) is 44.2 Å². The highest BCUT2D eigenvalue weighted by molar-refractivity contribution is 6.02. The third-order valence-corrected chi connectivity index (χ3v) is 6.69. The van der Waals surface area contributed by atoms with Crippen molar-refractivity contribution in [3.8, 4) is 5.75 Å². The van der Waals surface area contributed by atoms with E-state index in [-0.39, 0.29) is 24.4 Å². The van der Waals surface area contributed by atoms with E-state index in [0.29, 0.717) is 22.6 Å². The third-order valence-electron chi connectivity index (χ3n) is 6.69. The van der Waals surface area contributed by atoms with E-state index in [1.54, 1.807) is 55.5 Å². The molecule has 0 unspecified atom stereocenters. The summed E-state index contributed by atoms with van der Waals surface area (Å²) in [6.45, 7) is 4.04. The van der Waals surface area contributed by atoms with Gasteiger partial charge in [-0.25, -0.2) is 4.79 Å². The van der Waals surface area contributed by atoms with E-state index in [2.05, 4.69) is 0 Å². The van der Waals surface area contributed by atoms with Crippen LogP contribution in [-0.4, -0.2) is 42.5 Å². The lowest BCUT2D eigenvalue weighted by Crippen LogP contribution is -2.59. The molecule has 1 aliphatic carbocycles. The number of rotatable bonds is 6. The first-order valence-electron chi connectivity index (χ1n) is 11.4. The Balaban J connectivity index is 2.11. The Morgan fingerprint density at radius 3 is 2.33 bits per heavy atom. The Morgan fingerprint density at radius 2 is 1.78 bits per heavy atom. The number of hydrogen-bond acceptors (Lipinski definition) is 8. The summed E-state index contributed by atoms with van der Waals surface area (Å²) in [5, 5.41) is 13.2. The number of hydrogen-bond donors (Lipinski definition) is 0. The number of amides is 1. The first kappa shape index (κ1) is 24.9. The molecule has 10 nitrogen and oxygen atoms in total. The number of para-hydroxylation sites is 1. The largest absolute Gasteiger partial charge is 0.497 e. The molecule has 0 saturated heterocycles. The summed E-state index contributed by atoms with van der Waals surface area (Å²) in [4.78, 5) is 52.4. The standard InChI is InChI=1S/C26H26N2O8/c1-5-35-25(31)23-22(36-16(3)30)14-20(17-10-12-18(34-4)13-11-17)26(28(32)33)19-8-6-7-9-21(19)27(15(2)29)24(23)26/h6-13,20,24H,5,14H2,1-4H3/t20-,24+,26+/m0/s1. The molecule has 2 aromatic carbocycles. The van der Waals surface area contributed by atoms with Crippen LogP contribution >= 0.6 is 0 Å². The van der Waals surface area contributed by atoms with Crippen molar-refractivity contribution in [1.29, 1.82) is 0 Å². The molecule has 1 amide bonds. The Bertz CT molecular complexity index is 1270. The topological polar surface area (TPSA) is 125 Å². The fourth-order valence-electron chi connectivity index (χ4n) is 5.43. The summed E-state index contributed by atoms with van der Waals surface area (Å²) in [6, 6.07) is 11.9. The molecule has 1 heterocycles. The monoisotopic (exact) mass is 494 g/mol. The number of carbonyl (C=O) groups is 3. The van der Waals surface area contributed by atoms with E-state index < -0.39 is 40.3 Å². The van der Waals surface area contributed by atoms with Crippen molar-refractivity contribution in [3.05, 3.63) is 81.1 Å². The molecule has 0 saturated carbocycles. The van der Waals surface area contributed by atoms with Crippen LogP contribution in [0.5, 0.6) is 5.75 Å². The van der Waals surface area contributed by atoms with Gasteiger partial charge in [0.05, 0.1) is 30.9 Å². The molecule has 0 fully saturated rings. The molecule has 4 rings (SSSR count). The summed E-state index contributed by atoms with van der Waals surface area (Å²) in [5.41, 5.74) is -0.997. The molecule has 3 atom stereocenters. The fraction of sp³-hybridized carbons (Fsp3) is 0.346. The smallest absolute Gasteiger partial charge is 0.339 e. The zero-order valence-corrected chi connectivity index (χ0v) is 20.3. The number of fused-ring (bicyclic) bond motifs is 3. The second-order valence-corrected chi connectivity index (χ2v) is 8.57. The van der Waals surface area contributed by atoms with Crippen LogP contribution in [0.4, 0.5) is 5.69 Å². The van der Waals surface area contributed by atoms with Crippen LogP contribution < -0.4 is 9.64 Å². The van der Waals surface area contributed by atoms with Crippen molar-refractivity contribution >= 4 is 23.5 Å². The van der Waals surface area contributed by atoms with Gasteiger partial charge in [-0.15, -0.1) is 0 Å². The van der Waals surface area contributed by atoms with Gasteiger partial charge < -0.3 is 14.2 Å². The molecule has 10 heteroatoms. The van der Waals surface area contributed by atoms with Gasteiger partial charge in [0, 0.05) is 25.2 Å².